The second-order valence-corrected chi connectivity index (χ2v) is 7.94. The van der Waals surface area contributed by atoms with E-state index in [4.69, 9.17) is 10.5 Å². The summed E-state index contributed by atoms with van der Waals surface area (Å²) in [6, 6.07) is 6.38. The van der Waals surface area contributed by atoms with Crippen molar-refractivity contribution < 1.29 is 9.53 Å². The molecule has 1 fully saturated rings. The van der Waals surface area contributed by atoms with Crippen molar-refractivity contribution in [1.29, 1.82) is 0 Å². The minimum Gasteiger partial charge on any atom is -0.443 e. The molecule has 1 aliphatic carbocycles. The lowest BCUT2D eigenvalue weighted by atomic mass is 9.86. The number of ether oxygens (including phenoxy) is 1. The van der Waals surface area contributed by atoms with Gasteiger partial charge in [-0.05, 0) is 63.6 Å². The predicted molar refractivity (Wildman–Crippen MR) is 92.7 cm³/mol. The maximum absolute atomic E-state index is 12.5. The molecule has 0 radical (unpaired) electrons. The van der Waals surface area contributed by atoms with Crippen LogP contribution in [0.25, 0.3) is 0 Å². The van der Waals surface area contributed by atoms with Gasteiger partial charge in [0, 0.05) is 12.1 Å². The number of hydrogen-bond donors (Lipinski definition) is 1. The second kappa shape index (κ2) is 5.82. The van der Waals surface area contributed by atoms with Gasteiger partial charge in [0.1, 0.15) is 5.60 Å². The number of hydrogen-bond acceptors (Lipinski definition) is 3. The minimum absolute atomic E-state index is 0.177. The number of aryl methyl sites for hydroxylation is 1. The van der Waals surface area contributed by atoms with Crippen molar-refractivity contribution in [2.75, 3.05) is 11.4 Å². The summed E-state index contributed by atoms with van der Waals surface area (Å²) in [5.41, 5.74) is 9.36. The second-order valence-electron chi connectivity index (χ2n) is 7.94. The van der Waals surface area contributed by atoms with Gasteiger partial charge in [-0.25, -0.2) is 4.79 Å². The average molecular weight is 316 g/mol. The van der Waals surface area contributed by atoms with Gasteiger partial charge in [0.25, 0.3) is 0 Å². The molecule has 0 aromatic heterocycles. The van der Waals surface area contributed by atoms with Crippen LogP contribution in [-0.4, -0.2) is 18.2 Å². The summed E-state index contributed by atoms with van der Waals surface area (Å²) in [6.45, 7) is 6.42. The molecular weight excluding hydrogens is 288 g/mol. The number of anilines is 1. The molecule has 1 saturated carbocycles. The molecule has 1 aliphatic heterocycles. The van der Waals surface area contributed by atoms with Crippen molar-refractivity contribution in [2.45, 2.75) is 70.4 Å². The largest absolute Gasteiger partial charge is 0.443 e. The predicted octanol–water partition coefficient (Wildman–Crippen LogP) is 4.10. The first-order valence-electron chi connectivity index (χ1n) is 8.71. The van der Waals surface area contributed by atoms with E-state index in [1.165, 1.54) is 24.0 Å². The van der Waals surface area contributed by atoms with Crippen molar-refractivity contribution in [3.05, 3.63) is 29.3 Å². The SMILES string of the molecule is CC(C)(C)OC(=O)N1CCCc2cc(C3(N)CCCC3)ccc21. The highest BCUT2D eigenvalue weighted by molar-refractivity contribution is 5.89. The van der Waals surface area contributed by atoms with Gasteiger partial charge >= 0.3 is 6.09 Å². The monoisotopic (exact) mass is 316 g/mol. The normalized spacial score (nSPS) is 20.3. The van der Waals surface area contributed by atoms with E-state index in [2.05, 4.69) is 18.2 Å². The number of fused-ring (bicyclic) bond motifs is 1. The third-order valence-electron chi connectivity index (χ3n) is 4.88. The highest BCUT2D eigenvalue weighted by Gasteiger charge is 2.33. The smallest absolute Gasteiger partial charge is 0.414 e. The van der Waals surface area contributed by atoms with E-state index >= 15 is 0 Å². The van der Waals surface area contributed by atoms with E-state index in [9.17, 15) is 4.79 Å². The summed E-state index contributed by atoms with van der Waals surface area (Å²) >= 11 is 0. The fourth-order valence-corrected chi connectivity index (χ4v) is 3.71. The summed E-state index contributed by atoms with van der Waals surface area (Å²) in [7, 11) is 0. The van der Waals surface area contributed by atoms with Crippen molar-refractivity contribution in [3.63, 3.8) is 0 Å². The molecule has 2 N–H and O–H groups in total. The molecule has 0 saturated heterocycles. The standard InChI is InChI=1S/C19H28N2O2/c1-18(2,3)23-17(22)21-12-6-7-14-13-15(8-9-16(14)21)19(20)10-4-5-11-19/h8-9,13H,4-7,10-12,20H2,1-3H3. The Hall–Kier alpha value is -1.55. The summed E-state index contributed by atoms with van der Waals surface area (Å²) in [5.74, 6) is 0. The zero-order valence-electron chi connectivity index (χ0n) is 14.5. The molecule has 4 heteroatoms. The Labute approximate surface area is 139 Å². The van der Waals surface area contributed by atoms with Crippen LogP contribution < -0.4 is 10.6 Å². The number of benzene rings is 1. The van der Waals surface area contributed by atoms with Crippen LogP contribution in [0.5, 0.6) is 0 Å². The Kier molecular flexibility index (Phi) is 4.13. The Bertz CT molecular complexity index is 598. The number of nitrogens with two attached hydrogens (primary N) is 1. The van der Waals surface area contributed by atoms with E-state index < -0.39 is 5.60 Å². The molecule has 2 aliphatic rings. The Morgan fingerprint density at radius 1 is 1.22 bits per heavy atom. The topological polar surface area (TPSA) is 55.6 Å². The number of carbonyl (C=O) groups is 1. The quantitative estimate of drug-likeness (QED) is 0.848. The van der Waals surface area contributed by atoms with E-state index in [-0.39, 0.29) is 11.6 Å². The van der Waals surface area contributed by atoms with Crippen LogP contribution in [0.1, 0.15) is 64.0 Å². The van der Waals surface area contributed by atoms with Gasteiger partial charge in [0.15, 0.2) is 0 Å². The van der Waals surface area contributed by atoms with Crippen LogP contribution in [0.3, 0.4) is 0 Å². The summed E-state index contributed by atoms with van der Waals surface area (Å²) in [6.07, 6.45) is 6.24. The van der Waals surface area contributed by atoms with Crippen LogP contribution in [-0.2, 0) is 16.7 Å². The minimum atomic E-state index is -0.472. The fraction of sp³-hybridized carbons (Fsp3) is 0.632. The zero-order chi connectivity index (χ0) is 16.7. The number of carbonyl (C=O) groups excluding carboxylic acids is 1. The summed E-state index contributed by atoms with van der Waals surface area (Å²) < 4.78 is 5.55. The van der Waals surface area contributed by atoms with E-state index in [0.29, 0.717) is 0 Å². The van der Waals surface area contributed by atoms with Gasteiger partial charge in [0.2, 0.25) is 0 Å². The Morgan fingerprint density at radius 3 is 2.57 bits per heavy atom. The molecule has 1 amide bonds. The highest BCUT2D eigenvalue weighted by Crippen LogP contribution is 2.39. The van der Waals surface area contributed by atoms with Crippen molar-refractivity contribution >= 4 is 11.8 Å². The molecule has 126 valence electrons. The van der Waals surface area contributed by atoms with Crippen molar-refractivity contribution in [1.82, 2.24) is 0 Å². The molecule has 0 atom stereocenters. The Morgan fingerprint density at radius 2 is 1.91 bits per heavy atom. The van der Waals surface area contributed by atoms with E-state index in [1.54, 1.807) is 4.90 Å². The molecular formula is C19H28N2O2. The fourth-order valence-electron chi connectivity index (χ4n) is 3.71. The van der Waals surface area contributed by atoms with Crippen molar-refractivity contribution in [2.24, 2.45) is 5.73 Å². The zero-order valence-corrected chi connectivity index (χ0v) is 14.5. The lowest BCUT2D eigenvalue weighted by Crippen LogP contribution is -2.40. The number of nitrogens with zero attached hydrogens (tertiary/aromatic N) is 1. The first-order chi connectivity index (χ1) is 10.8. The van der Waals surface area contributed by atoms with Gasteiger partial charge in [-0.15, -0.1) is 0 Å². The summed E-state index contributed by atoms with van der Waals surface area (Å²) in [4.78, 5) is 14.2. The van der Waals surface area contributed by atoms with Gasteiger partial charge in [-0.2, -0.15) is 0 Å². The maximum atomic E-state index is 12.5. The van der Waals surface area contributed by atoms with Gasteiger partial charge in [-0.1, -0.05) is 25.0 Å². The van der Waals surface area contributed by atoms with Gasteiger partial charge in [0.05, 0.1) is 5.69 Å². The molecule has 0 spiro atoms. The van der Waals surface area contributed by atoms with E-state index in [0.717, 1.165) is 37.9 Å². The lowest BCUT2D eigenvalue weighted by molar-refractivity contribution is 0.0578. The van der Waals surface area contributed by atoms with Crippen LogP contribution in [0.15, 0.2) is 18.2 Å². The summed E-state index contributed by atoms with van der Waals surface area (Å²) in [5, 5.41) is 0. The average Bonchev–Trinajstić information content (AvgIpc) is 2.92. The van der Waals surface area contributed by atoms with Crippen LogP contribution >= 0.6 is 0 Å². The van der Waals surface area contributed by atoms with Crippen LogP contribution in [0.2, 0.25) is 0 Å². The van der Waals surface area contributed by atoms with Crippen LogP contribution in [0, 0.1) is 0 Å². The van der Waals surface area contributed by atoms with Gasteiger partial charge in [-0.3, -0.25) is 4.90 Å². The van der Waals surface area contributed by atoms with E-state index in [1.807, 2.05) is 20.8 Å². The molecule has 1 aromatic rings. The van der Waals surface area contributed by atoms with Gasteiger partial charge < -0.3 is 10.5 Å². The molecule has 1 heterocycles. The first kappa shape index (κ1) is 16.3. The number of amides is 1. The third-order valence-corrected chi connectivity index (χ3v) is 4.88. The Balaban J connectivity index is 1.87. The molecule has 0 unspecified atom stereocenters. The molecule has 1 aromatic carbocycles. The third kappa shape index (κ3) is 3.37. The highest BCUT2D eigenvalue weighted by atomic mass is 16.6. The molecule has 3 rings (SSSR count). The first-order valence-corrected chi connectivity index (χ1v) is 8.71. The lowest BCUT2D eigenvalue weighted by Gasteiger charge is -2.33. The molecule has 0 bridgehead atoms. The molecule has 23 heavy (non-hydrogen) atoms. The maximum Gasteiger partial charge on any atom is 0.414 e. The molecule has 4 nitrogen and oxygen atoms in total. The van der Waals surface area contributed by atoms with Crippen molar-refractivity contribution in [3.8, 4) is 0 Å². The van der Waals surface area contributed by atoms with Crippen LogP contribution in [0.4, 0.5) is 10.5 Å². The number of rotatable bonds is 1.